The van der Waals surface area contributed by atoms with E-state index in [-0.39, 0.29) is 5.96 Å². The molecule has 0 saturated heterocycles. The Hall–Kier alpha value is -1.79. The molecule has 5 N–H and O–H groups in total. The highest BCUT2D eigenvalue weighted by atomic mass is 35.5. The SMILES string of the molecule is CC(=O)O.NC(N)=NN=Cc1cccc(Cl)c1Cl. The van der Waals surface area contributed by atoms with Crippen LogP contribution < -0.4 is 11.5 Å². The number of nitrogens with two attached hydrogens (primary N) is 2. The molecule has 0 aromatic heterocycles. The largest absolute Gasteiger partial charge is 0.481 e. The van der Waals surface area contributed by atoms with E-state index in [4.69, 9.17) is 44.6 Å². The highest BCUT2D eigenvalue weighted by Crippen LogP contribution is 2.24. The molecule has 1 rings (SSSR count). The fourth-order valence-electron chi connectivity index (χ4n) is 0.778. The van der Waals surface area contributed by atoms with Gasteiger partial charge >= 0.3 is 0 Å². The Morgan fingerprint density at radius 1 is 1.39 bits per heavy atom. The maximum Gasteiger partial charge on any atom is 0.300 e. The van der Waals surface area contributed by atoms with E-state index < -0.39 is 5.97 Å². The lowest BCUT2D eigenvalue weighted by Crippen LogP contribution is -2.21. The van der Waals surface area contributed by atoms with Gasteiger partial charge in [0.25, 0.3) is 5.97 Å². The quantitative estimate of drug-likeness (QED) is 0.437. The number of carboxylic acid groups (broad SMARTS) is 1. The minimum atomic E-state index is -0.833. The van der Waals surface area contributed by atoms with Crippen molar-refractivity contribution in [1.29, 1.82) is 0 Å². The highest BCUT2D eigenvalue weighted by molar-refractivity contribution is 6.43. The molecule has 18 heavy (non-hydrogen) atoms. The smallest absolute Gasteiger partial charge is 0.300 e. The second-order valence-corrected chi connectivity index (χ2v) is 3.72. The number of guanidine groups is 1. The number of aliphatic carboxylic acids is 1. The standard InChI is InChI=1S/C8H8Cl2N4.C2H4O2/c9-6-3-1-2-5(7(6)10)4-13-14-8(11)12;1-2(3)4/h1-4H,(H4,11,12,14);1H3,(H,3,4). The summed E-state index contributed by atoms with van der Waals surface area (Å²) in [5.41, 5.74) is 10.8. The van der Waals surface area contributed by atoms with Crippen LogP contribution in [0.15, 0.2) is 28.4 Å². The molecule has 1 aromatic carbocycles. The van der Waals surface area contributed by atoms with Crippen LogP contribution >= 0.6 is 23.2 Å². The van der Waals surface area contributed by atoms with E-state index in [0.717, 1.165) is 6.92 Å². The summed E-state index contributed by atoms with van der Waals surface area (Å²) >= 11 is 11.7. The molecular formula is C10H12Cl2N4O2. The van der Waals surface area contributed by atoms with E-state index in [1.807, 2.05) is 0 Å². The summed E-state index contributed by atoms with van der Waals surface area (Å²) < 4.78 is 0. The second-order valence-electron chi connectivity index (χ2n) is 2.93. The Labute approximate surface area is 114 Å². The van der Waals surface area contributed by atoms with Gasteiger partial charge in [-0.15, -0.1) is 5.10 Å². The summed E-state index contributed by atoms with van der Waals surface area (Å²) in [5.74, 6) is -0.945. The van der Waals surface area contributed by atoms with Crippen molar-refractivity contribution in [2.24, 2.45) is 21.7 Å². The van der Waals surface area contributed by atoms with E-state index in [1.54, 1.807) is 18.2 Å². The molecule has 0 unspecified atom stereocenters. The molecule has 0 atom stereocenters. The minimum absolute atomic E-state index is 0.112. The van der Waals surface area contributed by atoms with Crippen molar-refractivity contribution in [3.05, 3.63) is 33.8 Å². The van der Waals surface area contributed by atoms with Gasteiger partial charge in [0.05, 0.1) is 16.3 Å². The van der Waals surface area contributed by atoms with Crippen LogP contribution in [0.2, 0.25) is 10.0 Å². The Kier molecular flexibility index (Phi) is 7.50. The summed E-state index contributed by atoms with van der Waals surface area (Å²) in [5, 5.41) is 15.3. The molecular weight excluding hydrogens is 279 g/mol. The summed E-state index contributed by atoms with van der Waals surface area (Å²) in [6.45, 7) is 1.08. The van der Waals surface area contributed by atoms with Crippen molar-refractivity contribution in [2.45, 2.75) is 6.92 Å². The molecule has 0 spiro atoms. The number of halogens is 2. The zero-order valence-electron chi connectivity index (χ0n) is 9.47. The average molecular weight is 291 g/mol. The number of benzene rings is 1. The van der Waals surface area contributed by atoms with Crippen LogP contribution in [0.1, 0.15) is 12.5 Å². The Bertz CT molecular complexity index is 467. The average Bonchev–Trinajstić information content (AvgIpc) is 2.23. The molecule has 0 radical (unpaired) electrons. The number of rotatable bonds is 2. The van der Waals surface area contributed by atoms with Crippen LogP contribution in [0, 0.1) is 0 Å². The van der Waals surface area contributed by atoms with Crippen molar-refractivity contribution < 1.29 is 9.90 Å². The molecule has 0 aliphatic heterocycles. The van der Waals surface area contributed by atoms with E-state index in [2.05, 4.69) is 10.2 Å². The summed E-state index contributed by atoms with van der Waals surface area (Å²) in [4.78, 5) is 9.00. The lowest BCUT2D eigenvalue weighted by molar-refractivity contribution is -0.134. The molecule has 0 fully saturated rings. The van der Waals surface area contributed by atoms with Gasteiger partial charge in [-0.2, -0.15) is 5.10 Å². The van der Waals surface area contributed by atoms with Crippen molar-refractivity contribution in [1.82, 2.24) is 0 Å². The predicted molar refractivity (Wildman–Crippen MR) is 73.2 cm³/mol. The maximum atomic E-state index is 9.00. The Morgan fingerprint density at radius 2 is 1.94 bits per heavy atom. The van der Waals surface area contributed by atoms with Crippen molar-refractivity contribution in [3.63, 3.8) is 0 Å². The van der Waals surface area contributed by atoms with Gasteiger partial charge in [-0.1, -0.05) is 35.3 Å². The van der Waals surface area contributed by atoms with Crippen LogP contribution in [0.5, 0.6) is 0 Å². The first-order valence-electron chi connectivity index (χ1n) is 4.60. The minimum Gasteiger partial charge on any atom is -0.481 e. The van der Waals surface area contributed by atoms with Crippen molar-refractivity contribution in [3.8, 4) is 0 Å². The molecule has 8 heteroatoms. The first kappa shape index (κ1) is 16.2. The summed E-state index contributed by atoms with van der Waals surface area (Å²) in [6.07, 6.45) is 1.42. The highest BCUT2D eigenvalue weighted by Gasteiger charge is 2.00. The normalized spacial score (nSPS) is 9.50. The molecule has 0 amide bonds. The Balaban J connectivity index is 0.000000631. The Morgan fingerprint density at radius 3 is 2.44 bits per heavy atom. The number of carboxylic acids is 1. The van der Waals surface area contributed by atoms with Gasteiger partial charge in [0, 0.05) is 12.5 Å². The zero-order valence-corrected chi connectivity index (χ0v) is 11.0. The second kappa shape index (κ2) is 8.32. The first-order chi connectivity index (χ1) is 8.34. The molecule has 0 heterocycles. The molecule has 6 nitrogen and oxygen atoms in total. The topological polar surface area (TPSA) is 114 Å². The third kappa shape index (κ3) is 7.48. The summed E-state index contributed by atoms with van der Waals surface area (Å²) in [6, 6.07) is 5.19. The van der Waals surface area contributed by atoms with Gasteiger partial charge in [0.1, 0.15) is 0 Å². The van der Waals surface area contributed by atoms with E-state index in [1.165, 1.54) is 6.21 Å². The van der Waals surface area contributed by atoms with Crippen molar-refractivity contribution >= 4 is 41.3 Å². The van der Waals surface area contributed by atoms with Gasteiger partial charge in [-0.25, -0.2) is 0 Å². The molecule has 98 valence electrons. The van der Waals surface area contributed by atoms with Crippen LogP contribution in [-0.4, -0.2) is 23.2 Å². The number of hydrogen-bond donors (Lipinski definition) is 3. The van der Waals surface area contributed by atoms with E-state index >= 15 is 0 Å². The van der Waals surface area contributed by atoms with Crippen LogP contribution in [-0.2, 0) is 4.79 Å². The van der Waals surface area contributed by atoms with Gasteiger partial charge in [0.15, 0.2) is 0 Å². The molecule has 1 aromatic rings. The van der Waals surface area contributed by atoms with Crippen molar-refractivity contribution in [2.75, 3.05) is 0 Å². The number of carbonyl (C=O) groups is 1. The molecule has 0 aliphatic rings. The number of nitrogens with zero attached hydrogens (tertiary/aromatic N) is 2. The summed E-state index contributed by atoms with van der Waals surface area (Å²) in [7, 11) is 0. The van der Waals surface area contributed by atoms with E-state index in [9.17, 15) is 0 Å². The number of hydrogen-bond acceptors (Lipinski definition) is 3. The third-order valence-corrected chi connectivity index (χ3v) is 2.19. The fraction of sp³-hybridized carbons (Fsp3) is 0.100. The lowest BCUT2D eigenvalue weighted by Gasteiger charge is -1.97. The molecule has 0 aliphatic carbocycles. The van der Waals surface area contributed by atoms with Crippen LogP contribution in [0.25, 0.3) is 0 Å². The lowest BCUT2D eigenvalue weighted by atomic mass is 10.2. The maximum absolute atomic E-state index is 9.00. The van der Waals surface area contributed by atoms with Gasteiger partial charge in [0.2, 0.25) is 5.96 Å². The van der Waals surface area contributed by atoms with Crippen LogP contribution in [0.3, 0.4) is 0 Å². The van der Waals surface area contributed by atoms with E-state index in [0.29, 0.717) is 15.6 Å². The van der Waals surface area contributed by atoms with Gasteiger partial charge < -0.3 is 16.6 Å². The fourth-order valence-corrected chi connectivity index (χ4v) is 1.13. The molecule has 0 bridgehead atoms. The molecule has 0 saturated carbocycles. The van der Waals surface area contributed by atoms with Gasteiger partial charge in [-0.3, -0.25) is 4.79 Å². The third-order valence-electron chi connectivity index (χ3n) is 1.35. The predicted octanol–water partition coefficient (Wildman–Crippen LogP) is 1.69. The van der Waals surface area contributed by atoms with Crippen LogP contribution in [0.4, 0.5) is 0 Å². The monoisotopic (exact) mass is 290 g/mol. The van der Waals surface area contributed by atoms with Gasteiger partial charge in [-0.05, 0) is 6.07 Å². The first-order valence-corrected chi connectivity index (χ1v) is 5.35. The zero-order chi connectivity index (χ0) is 14.1.